The predicted molar refractivity (Wildman–Crippen MR) is 85.1 cm³/mol. The lowest BCUT2D eigenvalue weighted by molar-refractivity contribution is 0.319. The molecule has 1 N–H and O–H groups in total. The van der Waals surface area contributed by atoms with Crippen LogP contribution in [0.5, 0.6) is 0 Å². The highest BCUT2D eigenvalue weighted by molar-refractivity contribution is 7.99. The van der Waals surface area contributed by atoms with Gasteiger partial charge in [-0.05, 0) is 24.0 Å². The zero-order valence-corrected chi connectivity index (χ0v) is 13.3. The number of hydrogen-bond donors (Lipinski definition) is 1. The monoisotopic (exact) mass is 303 g/mol. The van der Waals surface area contributed by atoms with Crippen LogP contribution in [-0.4, -0.2) is 15.4 Å². The summed E-state index contributed by atoms with van der Waals surface area (Å²) in [7, 11) is 0. The van der Waals surface area contributed by atoms with Crippen LogP contribution in [0.1, 0.15) is 49.2 Å². The smallest absolute Gasteiger partial charge is 0.244 e. The molecule has 1 unspecified atom stereocenters. The van der Waals surface area contributed by atoms with Crippen LogP contribution in [0.2, 0.25) is 0 Å². The molecule has 1 aromatic heterocycles. The zero-order chi connectivity index (χ0) is 14.7. The molecule has 5 heteroatoms. The number of nitrogens with zero attached hydrogens (tertiary/aromatic N) is 2. The molecule has 2 aromatic rings. The zero-order valence-electron chi connectivity index (χ0n) is 12.5. The van der Waals surface area contributed by atoms with Crippen molar-refractivity contribution in [1.82, 2.24) is 15.5 Å². The molecule has 21 heavy (non-hydrogen) atoms. The molecule has 0 saturated heterocycles. The fourth-order valence-electron chi connectivity index (χ4n) is 2.43. The lowest BCUT2D eigenvalue weighted by Crippen LogP contribution is -2.28. The minimum atomic E-state index is 0.134. The molecular weight excluding hydrogens is 282 g/mol. The van der Waals surface area contributed by atoms with Gasteiger partial charge in [0.25, 0.3) is 0 Å². The largest absolute Gasteiger partial charge is 0.338 e. The number of aromatic nitrogens is 2. The third-order valence-electron chi connectivity index (χ3n) is 3.94. The third-order valence-corrected chi connectivity index (χ3v) is 5.26. The van der Waals surface area contributed by atoms with Gasteiger partial charge in [0.05, 0.1) is 11.8 Å². The molecule has 2 atom stereocenters. The van der Waals surface area contributed by atoms with Gasteiger partial charge in [-0.15, -0.1) is 0 Å². The Balaban J connectivity index is 1.65. The SMILES string of the molecule is CCC(C)SCc1noc([C@H]2Cc3ccccc3CN2)n1. The van der Waals surface area contributed by atoms with E-state index in [0.29, 0.717) is 11.1 Å². The van der Waals surface area contributed by atoms with E-state index >= 15 is 0 Å². The minimum Gasteiger partial charge on any atom is -0.338 e. The van der Waals surface area contributed by atoms with Crippen LogP contribution >= 0.6 is 11.8 Å². The standard InChI is InChI=1S/C16H21N3OS/c1-3-11(2)21-10-15-18-16(20-19-15)14-8-12-6-4-5-7-13(12)9-17-14/h4-7,11,14,17H,3,8-10H2,1-2H3/t11?,14-/m1/s1. The fourth-order valence-corrected chi connectivity index (χ4v) is 3.22. The average molecular weight is 303 g/mol. The summed E-state index contributed by atoms with van der Waals surface area (Å²) < 4.78 is 5.45. The van der Waals surface area contributed by atoms with Crippen LogP contribution in [0.3, 0.4) is 0 Å². The first-order valence-electron chi connectivity index (χ1n) is 7.50. The van der Waals surface area contributed by atoms with Crippen molar-refractivity contribution < 1.29 is 4.52 Å². The number of fused-ring (bicyclic) bond motifs is 1. The van der Waals surface area contributed by atoms with Gasteiger partial charge >= 0.3 is 0 Å². The van der Waals surface area contributed by atoms with Crippen molar-refractivity contribution in [2.75, 3.05) is 0 Å². The summed E-state index contributed by atoms with van der Waals surface area (Å²) in [5.74, 6) is 2.34. The Hall–Kier alpha value is -1.33. The molecule has 3 rings (SSSR count). The van der Waals surface area contributed by atoms with Gasteiger partial charge in [-0.3, -0.25) is 0 Å². The van der Waals surface area contributed by atoms with Crippen LogP contribution < -0.4 is 5.32 Å². The lowest BCUT2D eigenvalue weighted by atomic mass is 9.96. The Bertz CT molecular complexity index is 599. The molecule has 0 spiro atoms. The summed E-state index contributed by atoms with van der Waals surface area (Å²) in [5, 5.41) is 8.22. The highest BCUT2D eigenvalue weighted by atomic mass is 32.2. The second-order valence-corrected chi connectivity index (χ2v) is 6.91. The van der Waals surface area contributed by atoms with Gasteiger partial charge in [-0.2, -0.15) is 16.7 Å². The van der Waals surface area contributed by atoms with Gasteiger partial charge in [-0.1, -0.05) is 43.3 Å². The van der Waals surface area contributed by atoms with E-state index in [1.807, 2.05) is 11.8 Å². The van der Waals surface area contributed by atoms with E-state index in [9.17, 15) is 0 Å². The Labute approximate surface area is 129 Å². The first kappa shape index (κ1) is 14.6. The molecule has 0 bridgehead atoms. The van der Waals surface area contributed by atoms with E-state index in [1.165, 1.54) is 11.1 Å². The normalized spacial score (nSPS) is 19.2. The van der Waals surface area contributed by atoms with E-state index in [1.54, 1.807) is 0 Å². The first-order chi connectivity index (χ1) is 10.3. The first-order valence-corrected chi connectivity index (χ1v) is 8.55. The number of nitrogens with one attached hydrogen (secondary N) is 1. The summed E-state index contributed by atoms with van der Waals surface area (Å²) in [5.41, 5.74) is 2.73. The van der Waals surface area contributed by atoms with Gasteiger partial charge in [0, 0.05) is 11.8 Å². The van der Waals surface area contributed by atoms with Crippen molar-refractivity contribution in [2.24, 2.45) is 0 Å². The van der Waals surface area contributed by atoms with Crippen molar-refractivity contribution >= 4 is 11.8 Å². The molecule has 0 radical (unpaired) electrons. The van der Waals surface area contributed by atoms with Crippen LogP contribution in [0.15, 0.2) is 28.8 Å². The molecular formula is C16H21N3OS. The van der Waals surface area contributed by atoms with E-state index < -0.39 is 0 Å². The molecule has 0 amide bonds. The molecule has 112 valence electrons. The summed E-state index contributed by atoms with van der Waals surface area (Å²) in [4.78, 5) is 4.55. The second kappa shape index (κ2) is 6.62. The molecule has 0 aliphatic carbocycles. The van der Waals surface area contributed by atoms with Crippen molar-refractivity contribution in [3.05, 3.63) is 47.1 Å². The topological polar surface area (TPSA) is 51.0 Å². The molecule has 0 saturated carbocycles. The van der Waals surface area contributed by atoms with Gasteiger partial charge in [0.1, 0.15) is 0 Å². The quantitative estimate of drug-likeness (QED) is 0.916. The Kier molecular flexibility index (Phi) is 4.60. The molecule has 4 nitrogen and oxygen atoms in total. The van der Waals surface area contributed by atoms with Crippen molar-refractivity contribution in [1.29, 1.82) is 0 Å². The molecule has 1 aromatic carbocycles. The lowest BCUT2D eigenvalue weighted by Gasteiger charge is -2.23. The molecule has 1 aliphatic heterocycles. The van der Waals surface area contributed by atoms with Crippen molar-refractivity contribution in [2.45, 2.75) is 50.3 Å². The third kappa shape index (κ3) is 3.47. The van der Waals surface area contributed by atoms with Crippen LogP contribution in [0, 0.1) is 0 Å². The predicted octanol–water partition coefficient (Wildman–Crippen LogP) is 3.49. The Morgan fingerprint density at radius 2 is 2.19 bits per heavy atom. The Morgan fingerprint density at radius 3 is 3.00 bits per heavy atom. The van der Waals surface area contributed by atoms with Crippen molar-refractivity contribution in [3.63, 3.8) is 0 Å². The molecule has 0 fully saturated rings. The molecule has 2 heterocycles. The highest BCUT2D eigenvalue weighted by Crippen LogP contribution is 2.25. The number of benzene rings is 1. The Morgan fingerprint density at radius 1 is 1.38 bits per heavy atom. The van der Waals surface area contributed by atoms with E-state index in [-0.39, 0.29) is 6.04 Å². The van der Waals surface area contributed by atoms with Gasteiger partial charge in [-0.25, -0.2) is 0 Å². The van der Waals surface area contributed by atoms with Crippen LogP contribution in [0.25, 0.3) is 0 Å². The highest BCUT2D eigenvalue weighted by Gasteiger charge is 2.24. The maximum atomic E-state index is 5.45. The number of rotatable bonds is 5. The average Bonchev–Trinajstić information content (AvgIpc) is 3.01. The van der Waals surface area contributed by atoms with Crippen LogP contribution in [0.4, 0.5) is 0 Å². The van der Waals surface area contributed by atoms with Gasteiger partial charge in [0.2, 0.25) is 5.89 Å². The second-order valence-electron chi connectivity index (χ2n) is 5.49. The summed E-state index contributed by atoms with van der Waals surface area (Å²) in [6.45, 7) is 5.29. The molecule has 1 aliphatic rings. The number of hydrogen-bond acceptors (Lipinski definition) is 5. The van der Waals surface area contributed by atoms with Crippen molar-refractivity contribution in [3.8, 4) is 0 Å². The van der Waals surface area contributed by atoms with E-state index in [0.717, 1.165) is 31.0 Å². The van der Waals surface area contributed by atoms with E-state index in [2.05, 4.69) is 53.6 Å². The number of thioether (sulfide) groups is 1. The summed E-state index contributed by atoms with van der Waals surface area (Å²) >= 11 is 1.87. The van der Waals surface area contributed by atoms with Gasteiger partial charge < -0.3 is 9.84 Å². The maximum Gasteiger partial charge on any atom is 0.244 e. The van der Waals surface area contributed by atoms with E-state index in [4.69, 9.17) is 4.52 Å². The minimum absolute atomic E-state index is 0.134. The summed E-state index contributed by atoms with van der Waals surface area (Å²) in [6, 6.07) is 8.65. The van der Waals surface area contributed by atoms with Gasteiger partial charge in [0.15, 0.2) is 5.82 Å². The fraction of sp³-hybridized carbons (Fsp3) is 0.500. The summed E-state index contributed by atoms with van der Waals surface area (Å²) in [6.07, 6.45) is 2.08. The maximum absolute atomic E-state index is 5.45. The van der Waals surface area contributed by atoms with Crippen LogP contribution in [-0.2, 0) is 18.7 Å².